The zero-order chi connectivity index (χ0) is 17.7. The summed E-state index contributed by atoms with van der Waals surface area (Å²) < 4.78 is 22.4. The van der Waals surface area contributed by atoms with Gasteiger partial charge in [-0.15, -0.1) is 0 Å². The van der Waals surface area contributed by atoms with E-state index in [1.807, 2.05) is 6.07 Å². The van der Waals surface area contributed by atoms with Crippen LogP contribution in [0.4, 0.5) is 5.69 Å². The van der Waals surface area contributed by atoms with Crippen LogP contribution in [-0.4, -0.2) is 14.3 Å². The second kappa shape index (κ2) is 7.27. The molecule has 122 valence electrons. The Morgan fingerprint density at radius 3 is 2.42 bits per heavy atom. The number of halogens is 1. The van der Waals surface area contributed by atoms with Gasteiger partial charge >= 0.3 is 0 Å². The van der Waals surface area contributed by atoms with Gasteiger partial charge in [0.15, 0.2) is 0 Å². The molecule has 0 unspecified atom stereocenters. The normalized spacial score (nSPS) is 11.6. The lowest BCUT2D eigenvalue weighted by atomic mass is 10.1. The molecule has 2 aromatic rings. The summed E-state index contributed by atoms with van der Waals surface area (Å²) >= 11 is 5.86. The fourth-order valence-electron chi connectivity index (χ4n) is 1.84. The van der Waals surface area contributed by atoms with Crippen molar-refractivity contribution in [1.82, 2.24) is 0 Å². The summed E-state index contributed by atoms with van der Waals surface area (Å²) in [7, 11) is -3.80. The molecule has 24 heavy (non-hydrogen) atoms. The molecule has 8 heteroatoms. The summed E-state index contributed by atoms with van der Waals surface area (Å²) in [6.45, 7) is 0. The van der Waals surface area contributed by atoms with Gasteiger partial charge in [0, 0.05) is 10.7 Å². The van der Waals surface area contributed by atoms with Crippen LogP contribution in [0.25, 0.3) is 6.08 Å². The lowest BCUT2D eigenvalue weighted by molar-refractivity contribution is -0.112. The molecule has 0 spiro atoms. The van der Waals surface area contributed by atoms with Crippen LogP contribution in [0.1, 0.15) is 5.56 Å². The zero-order valence-electron chi connectivity index (χ0n) is 12.2. The molecule has 6 nitrogen and oxygen atoms in total. The Bertz CT molecular complexity index is 945. The Balaban J connectivity index is 2.20. The number of nitrogens with zero attached hydrogens (tertiary/aromatic N) is 1. The first-order valence-corrected chi connectivity index (χ1v) is 8.53. The van der Waals surface area contributed by atoms with Crippen LogP contribution in [0.5, 0.6) is 0 Å². The van der Waals surface area contributed by atoms with Gasteiger partial charge in [0.2, 0.25) is 10.0 Å². The average molecular weight is 362 g/mol. The Kier molecular flexibility index (Phi) is 5.36. The van der Waals surface area contributed by atoms with Crippen molar-refractivity contribution in [3.63, 3.8) is 0 Å². The van der Waals surface area contributed by atoms with E-state index in [1.54, 1.807) is 24.3 Å². The highest BCUT2D eigenvalue weighted by Crippen LogP contribution is 2.16. The van der Waals surface area contributed by atoms with Crippen molar-refractivity contribution in [1.29, 1.82) is 5.26 Å². The number of benzene rings is 2. The summed E-state index contributed by atoms with van der Waals surface area (Å²) in [5.41, 5.74) is 0.825. The molecule has 3 N–H and O–H groups in total. The van der Waals surface area contributed by atoms with Gasteiger partial charge in [-0.1, -0.05) is 23.7 Å². The Morgan fingerprint density at radius 1 is 1.21 bits per heavy atom. The molecule has 0 radical (unpaired) electrons. The van der Waals surface area contributed by atoms with Crippen molar-refractivity contribution in [2.75, 3.05) is 5.32 Å². The number of hydrogen-bond donors (Lipinski definition) is 2. The zero-order valence-corrected chi connectivity index (χ0v) is 13.8. The highest BCUT2D eigenvalue weighted by molar-refractivity contribution is 7.89. The lowest BCUT2D eigenvalue weighted by Crippen LogP contribution is -2.14. The summed E-state index contributed by atoms with van der Waals surface area (Å²) in [6.07, 6.45) is 1.40. The maximum absolute atomic E-state index is 12.1. The van der Waals surface area contributed by atoms with Crippen LogP contribution in [0, 0.1) is 11.3 Å². The first-order valence-electron chi connectivity index (χ1n) is 6.61. The topological polar surface area (TPSA) is 113 Å². The SMILES string of the molecule is N#C/C(=C\c1cccc(Cl)c1)C(=O)Nc1ccc(S(N)(=O)=O)cc1. The number of amides is 1. The molecule has 0 fully saturated rings. The smallest absolute Gasteiger partial charge is 0.266 e. The van der Waals surface area contributed by atoms with Crippen molar-refractivity contribution in [2.24, 2.45) is 5.14 Å². The van der Waals surface area contributed by atoms with E-state index in [0.717, 1.165) is 0 Å². The molecule has 0 heterocycles. The summed E-state index contributed by atoms with van der Waals surface area (Å²) in [5, 5.41) is 17.1. The van der Waals surface area contributed by atoms with Gasteiger partial charge in [-0.25, -0.2) is 13.6 Å². The number of anilines is 1. The van der Waals surface area contributed by atoms with Crippen LogP contribution >= 0.6 is 11.6 Å². The minimum atomic E-state index is -3.80. The van der Waals surface area contributed by atoms with E-state index in [2.05, 4.69) is 5.32 Å². The molecule has 0 atom stereocenters. The van der Waals surface area contributed by atoms with Crippen molar-refractivity contribution in [3.05, 3.63) is 64.7 Å². The number of carbonyl (C=O) groups is 1. The molecule has 0 bridgehead atoms. The van der Waals surface area contributed by atoms with E-state index < -0.39 is 15.9 Å². The van der Waals surface area contributed by atoms with Gasteiger partial charge in [-0.3, -0.25) is 4.79 Å². The summed E-state index contributed by atoms with van der Waals surface area (Å²) in [5.74, 6) is -0.624. The highest BCUT2D eigenvalue weighted by Gasteiger charge is 2.11. The molecule has 0 aliphatic rings. The first kappa shape index (κ1) is 17.7. The highest BCUT2D eigenvalue weighted by atomic mass is 35.5. The van der Waals surface area contributed by atoms with E-state index in [1.165, 1.54) is 30.3 Å². The van der Waals surface area contributed by atoms with Crippen LogP contribution in [-0.2, 0) is 14.8 Å². The second-order valence-corrected chi connectivity index (χ2v) is 6.75. The molecule has 2 aromatic carbocycles. The molecule has 0 aromatic heterocycles. The van der Waals surface area contributed by atoms with Crippen molar-refractivity contribution < 1.29 is 13.2 Å². The number of nitrogens with two attached hydrogens (primary N) is 1. The molecule has 0 saturated carbocycles. The molecule has 0 aliphatic heterocycles. The van der Waals surface area contributed by atoms with Gasteiger partial charge in [0.1, 0.15) is 11.6 Å². The van der Waals surface area contributed by atoms with Crippen molar-refractivity contribution in [3.8, 4) is 6.07 Å². The largest absolute Gasteiger partial charge is 0.321 e. The fourth-order valence-corrected chi connectivity index (χ4v) is 2.55. The van der Waals surface area contributed by atoms with E-state index in [0.29, 0.717) is 16.3 Å². The van der Waals surface area contributed by atoms with Gasteiger partial charge in [-0.2, -0.15) is 5.26 Å². The maximum Gasteiger partial charge on any atom is 0.266 e. The molecule has 0 saturated heterocycles. The molecule has 1 amide bonds. The van der Waals surface area contributed by atoms with Gasteiger partial charge in [0.05, 0.1) is 4.90 Å². The van der Waals surface area contributed by atoms with Crippen LogP contribution in [0.15, 0.2) is 59.0 Å². The van der Waals surface area contributed by atoms with E-state index in [-0.39, 0.29) is 10.5 Å². The molecule has 0 aliphatic carbocycles. The van der Waals surface area contributed by atoms with E-state index >= 15 is 0 Å². The third kappa shape index (κ3) is 4.67. The monoisotopic (exact) mass is 361 g/mol. The number of nitriles is 1. The van der Waals surface area contributed by atoms with E-state index in [9.17, 15) is 13.2 Å². The molecular formula is C16H12ClN3O3S. The third-order valence-electron chi connectivity index (χ3n) is 2.97. The Morgan fingerprint density at radius 2 is 1.88 bits per heavy atom. The maximum atomic E-state index is 12.1. The van der Waals surface area contributed by atoms with Crippen molar-refractivity contribution in [2.45, 2.75) is 4.90 Å². The van der Waals surface area contributed by atoms with Crippen molar-refractivity contribution >= 4 is 39.3 Å². The third-order valence-corrected chi connectivity index (χ3v) is 4.13. The van der Waals surface area contributed by atoms with Gasteiger partial charge < -0.3 is 5.32 Å². The van der Waals surface area contributed by atoms with Crippen LogP contribution in [0.2, 0.25) is 5.02 Å². The number of rotatable bonds is 4. The first-order chi connectivity index (χ1) is 11.3. The Labute approximate surface area is 144 Å². The minimum absolute atomic E-state index is 0.0736. The quantitative estimate of drug-likeness (QED) is 0.643. The number of hydrogen-bond acceptors (Lipinski definition) is 4. The number of primary sulfonamides is 1. The summed E-state index contributed by atoms with van der Waals surface area (Å²) in [4.78, 5) is 12.1. The number of carbonyl (C=O) groups excluding carboxylic acids is 1. The standard InChI is InChI=1S/C16H12ClN3O3S/c17-13-3-1-2-11(9-13)8-12(10-18)16(21)20-14-4-6-15(7-5-14)24(19,22)23/h1-9H,(H,20,21)(H2,19,22,23)/b12-8+. The predicted molar refractivity (Wildman–Crippen MR) is 91.5 cm³/mol. The average Bonchev–Trinajstić information content (AvgIpc) is 2.52. The fraction of sp³-hybridized carbons (Fsp3) is 0. The number of sulfonamides is 1. The van der Waals surface area contributed by atoms with Crippen LogP contribution < -0.4 is 10.5 Å². The van der Waals surface area contributed by atoms with Gasteiger partial charge in [-0.05, 0) is 48.0 Å². The second-order valence-electron chi connectivity index (χ2n) is 4.75. The predicted octanol–water partition coefficient (Wildman–Crippen LogP) is 2.53. The Hall–Kier alpha value is -2.66. The van der Waals surface area contributed by atoms with Gasteiger partial charge in [0.25, 0.3) is 5.91 Å². The van der Waals surface area contributed by atoms with E-state index in [4.69, 9.17) is 22.0 Å². The molecule has 2 rings (SSSR count). The minimum Gasteiger partial charge on any atom is -0.321 e. The molecular weight excluding hydrogens is 350 g/mol. The number of nitrogens with one attached hydrogen (secondary N) is 1. The lowest BCUT2D eigenvalue weighted by Gasteiger charge is -2.05. The van der Waals surface area contributed by atoms with Crippen LogP contribution in [0.3, 0.4) is 0 Å². The summed E-state index contributed by atoms with van der Waals surface area (Å²) in [6, 6.07) is 13.8.